The fraction of sp³-hybridized carbons (Fsp3) is 0.300. The minimum Gasteiger partial charge on any atom is -0.444 e. The van der Waals surface area contributed by atoms with Gasteiger partial charge in [0.2, 0.25) is 5.89 Å². The first kappa shape index (κ1) is 27.8. The van der Waals surface area contributed by atoms with Crippen molar-refractivity contribution in [1.29, 1.82) is 0 Å². The van der Waals surface area contributed by atoms with E-state index in [1.165, 1.54) is 24.3 Å². The molecule has 1 aliphatic rings. The summed E-state index contributed by atoms with van der Waals surface area (Å²) < 4.78 is 11.6. The summed E-state index contributed by atoms with van der Waals surface area (Å²) in [7, 11) is 0. The number of para-hydroxylation sites is 2. The molecule has 5 rings (SSSR count). The van der Waals surface area contributed by atoms with Gasteiger partial charge in [-0.2, -0.15) is 0 Å². The molecule has 1 N–H and O–H groups in total. The van der Waals surface area contributed by atoms with Crippen LogP contribution in [-0.4, -0.2) is 63.5 Å². The van der Waals surface area contributed by atoms with Gasteiger partial charge >= 0.3 is 6.09 Å². The van der Waals surface area contributed by atoms with Crippen LogP contribution in [0, 0.1) is 10.1 Å². The molecule has 0 spiro atoms. The summed E-state index contributed by atoms with van der Waals surface area (Å²) in [5.74, 6) is -0.0449. The van der Waals surface area contributed by atoms with E-state index in [4.69, 9.17) is 14.1 Å². The molecule has 0 atom stereocenters. The minimum atomic E-state index is -0.527. The summed E-state index contributed by atoms with van der Waals surface area (Å²) in [6, 6.07) is 18.4. The second kappa shape index (κ2) is 11.4. The Kier molecular flexibility index (Phi) is 7.71. The van der Waals surface area contributed by atoms with Crippen LogP contribution in [0.25, 0.3) is 22.6 Å². The van der Waals surface area contributed by atoms with E-state index in [2.05, 4.69) is 10.2 Å². The molecule has 2 amide bonds. The van der Waals surface area contributed by atoms with Crippen molar-refractivity contribution >= 4 is 34.5 Å². The summed E-state index contributed by atoms with van der Waals surface area (Å²) in [6.07, 6.45) is -0.292. The number of aromatic nitrogens is 1. The van der Waals surface area contributed by atoms with Gasteiger partial charge < -0.3 is 19.4 Å². The van der Waals surface area contributed by atoms with Gasteiger partial charge in [0.25, 0.3) is 11.6 Å². The lowest BCUT2D eigenvalue weighted by molar-refractivity contribution is -0.384. The van der Waals surface area contributed by atoms with Crippen molar-refractivity contribution in [3.05, 3.63) is 88.0 Å². The monoisotopic (exact) mass is 557 g/mol. The van der Waals surface area contributed by atoms with E-state index in [1.807, 2.05) is 51.1 Å². The number of amides is 2. The molecule has 1 aliphatic heterocycles. The zero-order chi connectivity index (χ0) is 29.1. The fourth-order valence-electron chi connectivity index (χ4n) is 4.61. The Morgan fingerprint density at radius 1 is 1.00 bits per heavy atom. The Bertz CT molecular complexity index is 1580. The van der Waals surface area contributed by atoms with Gasteiger partial charge in [0, 0.05) is 50.4 Å². The molecule has 2 heterocycles. The number of carbonyl (C=O) groups excluding carboxylic acids is 2. The number of nitro benzene ring substituents is 1. The van der Waals surface area contributed by atoms with Crippen LogP contribution >= 0.6 is 0 Å². The molecule has 0 aliphatic carbocycles. The van der Waals surface area contributed by atoms with Crippen LogP contribution in [-0.2, 0) is 11.3 Å². The van der Waals surface area contributed by atoms with Crippen LogP contribution in [0.4, 0.5) is 16.2 Å². The molecule has 212 valence electrons. The number of ether oxygens (including phenoxy) is 1. The maximum absolute atomic E-state index is 12.9. The van der Waals surface area contributed by atoms with E-state index in [1.54, 1.807) is 17.0 Å². The number of carbonyl (C=O) groups is 2. The lowest BCUT2D eigenvalue weighted by Gasteiger charge is -2.35. The lowest BCUT2D eigenvalue weighted by atomic mass is 10.1. The SMILES string of the molecule is CC(C)(C)OC(=O)N1CCN(Cc2cccc3oc(-c4ccccc4NC(=O)c4ccc([N+](=O)[O-])cc4)nc23)CC1. The van der Waals surface area contributed by atoms with Gasteiger partial charge in [-0.1, -0.05) is 24.3 Å². The average molecular weight is 558 g/mol. The summed E-state index contributed by atoms with van der Waals surface area (Å²) in [4.78, 5) is 44.5. The van der Waals surface area contributed by atoms with Crippen LogP contribution in [0.2, 0.25) is 0 Å². The molecule has 1 fully saturated rings. The van der Waals surface area contributed by atoms with E-state index in [9.17, 15) is 19.7 Å². The highest BCUT2D eigenvalue weighted by Crippen LogP contribution is 2.32. The van der Waals surface area contributed by atoms with Gasteiger partial charge in [-0.15, -0.1) is 0 Å². The van der Waals surface area contributed by atoms with E-state index < -0.39 is 16.4 Å². The first-order valence-corrected chi connectivity index (χ1v) is 13.3. The van der Waals surface area contributed by atoms with Gasteiger partial charge in [-0.3, -0.25) is 19.8 Å². The number of nitro groups is 1. The zero-order valence-electron chi connectivity index (χ0n) is 23.1. The standard InChI is InChI=1S/C30H31N5O6/c1-30(2,3)41-29(37)34-17-15-33(16-18-34)19-21-7-6-10-25-26(21)32-28(40-25)23-8-4-5-9-24(23)31-27(36)20-11-13-22(14-12-20)35(38)39/h4-14H,15-19H2,1-3H3,(H,31,36). The second-order valence-electron chi connectivity index (χ2n) is 10.8. The summed E-state index contributed by atoms with van der Waals surface area (Å²) in [6.45, 7) is 8.80. The molecule has 4 aromatic rings. The predicted octanol–water partition coefficient (Wildman–Crippen LogP) is 5.71. The molecule has 1 saturated heterocycles. The van der Waals surface area contributed by atoms with Crippen LogP contribution in [0.5, 0.6) is 0 Å². The number of hydrogen-bond donors (Lipinski definition) is 1. The largest absolute Gasteiger partial charge is 0.444 e. The first-order valence-electron chi connectivity index (χ1n) is 13.3. The number of nitrogens with zero attached hydrogens (tertiary/aromatic N) is 4. The molecule has 41 heavy (non-hydrogen) atoms. The quantitative estimate of drug-likeness (QED) is 0.236. The van der Waals surface area contributed by atoms with Crippen LogP contribution in [0.3, 0.4) is 0 Å². The molecule has 11 nitrogen and oxygen atoms in total. The highest BCUT2D eigenvalue weighted by molar-refractivity contribution is 6.06. The Hall–Kier alpha value is -4.77. The number of non-ortho nitro benzene ring substituents is 1. The molecule has 11 heteroatoms. The molecular formula is C30H31N5O6. The molecule has 0 radical (unpaired) electrons. The second-order valence-corrected chi connectivity index (χ2v) is 10.8. The smallest absolute Gasteiger partial charge is 0.410 e. The van der Waals surface area contributed by atoms with E-state index >= 15 is 0 Å². The number of nitrogens with one attached hydrogen (secondary N) is 1. The van der Waals surface area contributed by atoms with Crippen molar-refractivity contribution in [2.45, 2.75) is 32.9 Å². The van der Waals surface area contributed by atoms with Gasteiger partial charge in [0.1, 0.15) is 11.1 Å². The molecular weight excluding hydrogens is 526 g/mol. The molecule has 0 bridgehead atoms. The number of fused-ring (bicyclic) bond motifs is 1. The summed E-state index contributed by atoms with van der Waals surface area (Å²) in [5, 5.41) is 13.8. The summed E-state index contributed by atoms with van der Waals surface area (Å²) in [5.41, 5.74) is 3.13. The Labute approximate surface area is 236 Å². The van der Waals surface area contributed by atoms with E-state index in [0.29, 0.717) is 55.4 Å². The fourth-order valence-corrected chi connectivity index (χ4v) is 4.61. The van der Waals surface area contributed by atoms with Gasteiger partial charge in [0.15, 0.2) is 5.58 Å². The van der Waals surface area contributed by atoms with Crippen molar-refractivity contribution in [2.75, 3.05) is 31.5 Å². The predicted molar refractivity (Wildman–Crippen MR) is 154 cm³/mol. The minimum absolute atomic E-state index is 0.0887. The number of piperazine rings is 1. The van der Waals surface area contributed by atoms with Crippen molar-refractivity contribution < 1.29 is 23.7 Å². The highest BCUT2D eigenvalue weighted by Gasteiger charge is 2.26. The lowest BCUT2D eigenvalue weighted by Crippen LogP contribution is -2.49. The molecule has 0 unspecified atom stereocenters. The zero-order valence-corrected chi connectivity index (χ0v) is 23.1. The first-order chi connectivity index (χ1) is 19.6. The Morgan fingerprint density at radius 3 is 2.39 bits per heavy atom. The van der Waals surface area contributed by atoms with Gasteiger partial charge in [0.05, 0.1) is 16.2 Å². The molecule has 1 aromatic heterocycles. The van der Waals surface area contributed by atoms with E-state index in [0.717, 1.165) is 11.1 Å². The van der Waals surface area contributed by atoms with Crippen LogP contribution < -0.4 is 5.32 Å². The van der Waals surface area contributed by atoms with Crippen LogP contribution in [0.15, 0.2) is 71.1 Å². The Balaban J connectivity index is 1.31. The van der Waals surface area contributed by atoms with Crippen molar-refractivity contribution in [3.63, 3.8) is 0 Å². The number of benzene rings is 3. The van der Waals surface area contributed by atoms with Crippen LogP contribution in [0.1, 0.15) is 36.7 Å². The molecule has 0 saturated carbocycles. The average Bonchev–Trinajstić information content (AvgIpc) is 3.38. The summed E-state index contributed by atoms with van der Waals surface area (Å²) >= 11 is 0. The Morgan fingerprint density at radius 2 is 1.71 bits per heavy atom. The van der Waals surface area contributed by atoms with Gasteiger partial charge in [-0.25, -0.2) is 9.78 Å². The third-order valence-electron chi connectivity index (χ3n) is 6.67. The normalized spacial score (nSPS) is 14.2. The maximum atomic E-state index is 12.9. The topological polar surface area (TPSA) is 131 Å². The number of rotatable bonds is 6. The number of oxazole rings is 1. The van der Waals surface area contributed by atoms with Gasteiger partial charge in [-0.05, 0) is 56.7 Å². The third-order valence-corrected chi connectivity index (χ3v) is 6.67. The number of hydrogen-bond acceptors (Lipinski definition) is 8. The highest BCUT2D eigenvalue weighted by atomic mass is 16.6. The molecule has 3 aromatic carbocycles. The number of anilines is 1. The van der Waals surface area contributed by atoms with Crippen molar-refractivity contribution in [2.24, 2.45) is 0 Å². The third kappa shape index (κ3) is 6.52. The van der Waals surface area contributed by atoms with Crippen molar-refractivity contribution in [1.82, 2.24) is 14.8 Å². The van der Waals surface area contributed by atoms with E-state index in [-0.39, 0.29) is 17.3 Å². The van der Waals surface area contributed by atoms with Crippen molar-refractivity contribution in [3.8, 4) is 11.5 Å². The maximum Gasteiger partial charge on any atom is 0.410 e.